The number of carbonyl (C=O) groups excluding carboxylic acids is 1. The highest BCUT2D eigenvalue weighted by atomic mass is 16.5. The molecule has 0 N–H and O–H groups in total. The van der Waals surface area contributed by atoms with Crippen LogP contribution in [-0.2, 0) is 9.53 Å². The third-order valence-electron chi connectivity index (χ3n) is 4.46. The van der Waals surface area contributed by atoms with Gasteiger partial charge in [0.05, 0.1) is 6.10 Å². The van der Waals surface area contributed by atoms with Gasteiger partial charge in [0.25, 0.3) is 0 Å². The molecule has 2 rings (SSSR count). The maximum atomic E-state index is 12.8. The molecule has 3 heteroatoms. The van der Waals surface area contributed by atoms with E-state index < -0.39 is 5.97 Å². The molecule has 1 atom stereocenters. The minimum absolute atomic E-state index is 0.0489. The van der Waals surface area contributed by atoms with Gasteiger partial charge in [-0.3, -0.25) is 0 Å². The molecule has 0 aliphatic heterocycles. The molecule has 2 aromatic rings. The van der Waals surface area contributed by atoms with Crippen molar-refractivity contribution in [3.63, 3.8) is 0 Å². The van der Waals surface area contributed by atoms with Crippen molar-refractivity contribution >= 4 is 11.5 Å². The first-order valence-electron chi connectivity index (χ1n) is 9.63. The fraction of sp³-hybridized carbons (Fsp3) is 0.333. The average molecular weight is 361 g/mol. The highest BCUT2D eigenvalue weighted by molar-refractivity contribution is 6.05. The molecular weight excluding hydrogens is 334 g/mol. The molecule has 3 nitrogen and oxygen atoms in total. The van der Waals surface area contributed by atoms with Gasteiger partial charge in [0.1, 0.15) is 11.6 Å². The highest BCUT2D eigenvalue weighted by Crippen LogP contribution is 2.27. The van der Waals surface area contributed by atoms with Crippen molar-refractivity contribution in [3.05, 3.63) is 77.4 Å². The first-order valence-corrected chi connectivity index (χ1v) is 9.63. The normalized spacial score (nSPS) is 11.3. The van der Waals surface area contributed by atoms with E-state index in [1.165, 1.54) is 12.8 Å². The van der Waals surface area contributed by atoms with Gasteiger partial charge >= 0.3 is 5.97 Å². The lowest BCUT2D eigenvalue weighted by molar-refractivity contribution is -0.143. The minimum Gasteiger partial charge on any atom is -0.459 e. The van der Waals surface area contributed by atoms with Crippen molar-refractivity contribution in [3.8, 4) is 6.07 Å². The standard InChI is InChI=1S/C24H27NO2/c1-3-4-5-8-13-19(2)27-24(26)22(18-25)23(20-14-9-6-10-15-20)21-16-11-7-12-17-21/h6-7,9-12,14-17,19H,3-5,8,13H2,1-2H3. The van der Waals surface area contributed by atoms with Crippen molar-refractivity contribution in [1.82, 2.24) is 0 Å². The number of carbonyl (C=O) groups is 1. The van der Waals surface area contributed by atoms with E-state index in [-0.39, 0.29) is 11.7 Å². The Labute approximate surface area is 162 Å². The summed E-state index contributed by atoms with van der Waals surface area (Å²) in [6.07, 6.45) is 5.14. The second-order valence-electron chi connectivity index (χ2n) is 6.66. The summed E-state index contributed by atoms with van der Waals surface area (Å²) in [5.41, 5.74) is 2.32. The summed E-state index contributed by atoms with van der Waals surface area (Å²) in [6, 6.07) is 21.1. The molecule has 2 aromatic carbocycles. The second-order valence-corrected chi connectivity index (χ2v) is 6.66. The molecule has 0 aliphatic carbocycles. The van der Waals surface area contributed by atoms with E-state index in [9.17, 15) is 10.1 Å². The van der Waals surface area contributed by atoms with Crippen LogP contribution in [0.25, 0.3) is 5.57 Å². The molecule has 27 heavy (non-hydrogen) atoms. The zero-order valence-corrected chi connectivity index (χ0v) is 16.2. The van der Waals surface area contributed by atoms with Crippen LogP contribution < -0.4 is 0 Å². The lowest BCUT2D eigenvalue weighted by Gasteiger charge is -2.15. The van der Waals surface area contributed by atoms with E-state index in [1.807, 2.05) is 67.6 Å². The summed E-state index contributed by atoms with van der Waals surface area (Å²) in [5.74, 6) is -0.553. The fourth-order valence-corrected chi connectivity index (χ4v) is 3.03. The maximum Gasteiger partial charge on any atom is 0.349 e. The highest BCUT2D eigenvalue weighted by Gasteiger charge is 2.21. The van der Waals surface area contributed by atoms with E-state index in [2.05, 4.69) is 13.0 Å². The molecule has 0 saturated carbocycles. The Morgan fingerprint density at radius 1 is 0.963 bits per heavy atom. The Hall–Kier alpha value is -2.86. The number of hydrogen-bond acceptors (Lipinski definition) is 3. The number of benzene rings is 2. The number of ether oxygens (including phenoxy) is 1. The topological polar surface area (TPSA) is 50.1 Å². The van der Waals surface area contributed by atoms with Crippen LogP contribution in [0.1, 0.15) is 57.1 Å². The SMILES string of the molecule is CCCCCCC(C)OC(=O)C(C#N)=C(c1ccccc1)c1ccccc1. The van der Waals surface area contributed by atoms with Crippen LogP contribution in [0.15, 0.2) is 66.2 Å². The minimum atomic E-state index is -0.553. The van der Waals surface area contributed by atoms with Crippen LogP contribution in [0.5, 0.6) is 0 Å². The molecule has 0 aliphatic rings. The van der Waals surface area contributed by atoms with Gasteiger partial charge < -0.3 is 4.74 Å². The van der Waals surface area contributed by atoms with Gasteiger partial charge in [-0.2, -0.15) is 5.26 Å². The predicted octanol–water partition coefficient (Wildman–Crippen LogP) is 5.91. The maximum absolute atomic E-state index is 12.8. The van der Waals surface area contributed by atoms with Crippen LogP contribution >= 0.6 is 0 Å². The van der Waals surface area contributed by atoms with Crippen LogP contribution in [0.3, 0.4) is 0 Å². The molecule has 0 fully saturated rings. The summed E-state index contributed by atoms with van der Waals surface area (Å²) < 4.78 is 5.59. The number of unbranched alkanes of at least 4 members (excludes halogenated alkanes) is 3. The molecule has 1 unspecified atom stereocenters. The van der Waals surface area contributed by atoms with Gasteiger partial charge in [-0.05, 0) is 30.9 Å². The Bertz CT molecular complexity index is 747. The molecule has 0 spiro atoms. The average Bonchev–Trinajstić information content (AvgIpc) is 2.70. The number of hydrogen-bond donors (Lipinski definition) is 0. The summed E-state index contributed by atoms with van der Waals surface area (Å²) in [5, 5.41) is 9.74. The van der Waals surface area contributed by atoms with Gasteiger partial charge in [0.2, 0.25) is 0 Å². The quantitative estimate of drug-likeness (QED) is 0.241. The lowest BCUT2D eigenvalue weighted by Crippen LogP contribution is -2.17. The van der Waals surface area contributed by atoms with Crippen LogP contribution in [0.2, 0.25) is 0 Å². The summed E-state index contributed by atoms with van der Waals surface area (Å²) in [4.78, 5) is 12.8. The van der Waals surface area contributed by atoms with E-state index in [4.69, 9.17) is 4.74 Å². The van der Waals surface area contributed by atoms with Crippen molar-refractivity contribution in [2.45, 2.75) is 52.1 Å². The molecule has 0 aromatic heterocycles. The van der Waals surface area contributed by atoms with Gasteiger partial charge in [-0.15, -0.1) is 0 Å². The predicted molar refractivity (Wildman–Crippen MR) is 109 cm³/mol. The van der Waals surface area contributed by atoms with Gasteiger partial charge in [-0.1, -0.05) is 86.8 Å². The second kappa shape index (κ2) is 11.0. The van der Waals surface area contributed by atoms with Crippen molar-refractivity contribution in [2.75, 3.05) is 0 Å². The van der Waals surface area contributed by atoms with E-state index in [0.29, 0.717) is 5.57 Å². The molecule has 0 saturated heterocycles. The third kappa shape index (κ3) is 6.11. The number of nitriles is 1. The van der Waals surface area contributed by atoms with Crippen molar-refractivity contribution < 1.29 is 9.53 Å². The Morgan fingerprint density at radius 3 is 2.00 bits per heavy atom. The van der Waals surface area contributed by atoms with Gasteiger partial charge in [0.15, 0.2) is 0 Å². The Balaban J connectivity index is 2.28. The zero-order chi connectivity index (χ0) is 19.5. The van der Waals surface area contributed by atoms with Crippen molar-refractivity contribution in [2.24, 2.45) is 0 Å². The van der Waals surface area contributed by atoms with Crippen LogP contribution in [0.4, 0.5) is 0 Å². The molecule has 0 heterocycles. The summed E-state index contributed by atoms with van der Waals surface area (Å²) in [7, 11) is 0. The van der Waals surface area contributed by atoms with Crippen molar-refractivity contribution in [1.29, 1.82) is 5.26 Å². The molecule has 0 radical (unpaired) electrons. The fourth-order valence-electron chi connectivity index (χ4n) is 3.03. The number of esters is 1. The molecular formula is C24H27NO2. The Kier molecular flexibility index (Phi) is 8.32. The zero-order valence-electron chi connectivity index (χ0n) is 16.2. The van der Waals surface area contributed by atoms with Crippen LogP contribution in [-0.4, -0.2) is 12.1 Å². The van der Waals surface area contributed by atoms with E-state index >= 15 is 0 Å². The van der Waals surface area contributed by atoms with E-state index in [1.54, 1.807) is 0 Å². The number of nitrogens with zero attached hydrogens (tertiary/aromatic N) is 1. The summed E-state index contributed by atoms with van der Waals surface area (Å²) >= 11 is 0. The van der Waals surface area contributed by atoms with Gasteiger partial charge in [0, 0.05) is 5.57 Å². The largest absolute Gasteiger partial charge is 0.459 e. The first-order chi connectivity index (χ1) is 13.2. The van der Waals surface area contributed by atoms with Gasteiger partial charge in [-0.25, -0.2) is 4.79 Å². The number of rotatable bonds is 9. The van der Waals surface area contributed by atoms with Crippen LogP contribution in [0, 0.1) is 11.3 Å². The molecule has 140 valence electrons. The third-order valence-corrected chi connectivity index (χ3v) is 4.46. The first kappa shape index (κ1) is 20.5. The monoisotopic (exact) mass is 361 g/mol. The Morgan fingerprint density at radius 2 is 1.52 bits per heavy atom. The molecule has 0 bridgehead atoms. The van der Waals surface area contributed by atoms with E-state index in [0.717, 1.165) is 30.4 Å². The lowest BCUT2D eigenvalue weighted by atomic mass is 9.93. The summed E-state index contributed by atoms with van der Waals surface area (Å²) in [6.45, 7) is 4.06. The smallest absolute Gasteiger partial charge is 0.349 e. The molecule has 0 amide bonds.